The van der Waals surface area contributed by atoms with E-state index in [9.17, 15) is 18.0 Å². The minimum atomic E-state index is -4.40. The van der Waals surface area contributed by atoms with Gasteiger partial charge in [0, 0.05) is 44.2 Å². The maximum absolute atomic E-state index is 13.0. The van der Waals surface area contributed by atoms with E-state index in [1.165, 1.54) is 6.07 Å². The van der Waals surface area contributed by atoms with Crippen LogP contribution in [-0.2, 0) is 6.18 Å². The number of alkyl halides is 3. The van der Waals surface area contributed by atoms with Gasteiger partial charge >= 0.3 is 12.2 Å². The van der Waals surface area contributed by atoms with Gasteiger partial charge in [-0.1, -0.05) is 6.07 Å². The molecule has 160 valence electrons. The SMILES string of the molecule is O=C(Nc1ccc(Br)nn1)N1CCN(C2CCOc3cc(C(F)(F)F)ccc32)CC1. The molecule has 11 heteroatoms. The number of amides is 2. The number of benzene rings is 1. The fraction of sp³-hybridized carbons (Fsp3) is 0.421. The second-order valence-corrected chi connectivity index (χ2v) is 7.91. The number of hydrogen-bond acceptors (Lipinski definition) is 5. The summed E-state index contributed by atoms with van der Waals surface area (Å²) in [5.41, 5.74) is 0.0525. The number of ether oxygens (including phenoxy) is 1. The number of fused-ring (bicyclic) bond motifs is 1. The molecule has 7 nitrogen and oxygen atoms in total. The number of urea groups is 1. The first-order valence-electron chi connectivity index (χ1n) is 9.44. The maximum Gasteiger partial charge on any atom is 0.416 e. The molecule has 1 N–H and O–H groups in total. The summed E-state index contributed by atoms with van der Waals surface area (Å²) in [4.78, 5) is 16.3. The Balaban J connectivity index is 1.39. The number of halogens is 4. The lowest BCUT2D eigenvalue weighted by Crippen LogP contribution is -2.51. The zero-order valence-corrected chi connectivity index (χ0v) is 17.4. The van der Waals surface area contributed by atoms with Gasteiger partial charge in [-0.05, 0) is 40.2 Å². The van der Waals surface area contributed by atoms with Crippen LogP contribution in [0, 0.1) is 0 Å². The molecule has 1 fully saturated rings. The topological polar surface area (TPSA) is 70.6 Å². The van der Waals surface area contributed by atoms with Crippen molar-refractivity contribution in [2.75, 3.05) is 38.1 Å². The van der Waals surface area contributed by atoms with Gasteiger partial charge in [-0.25, -0.2) is 4.79 Å². The quantitative estimate of drug-likeness (QED) is 0.697. The number of piperazine rings is 1. The third-order valence-electron chi connectivity index (χ3n) is 5.26. The number of carbonyl (C=O) groups excluding carboxylic acids is 1. The molecule has 2 aliphatic heterocycles. The van der Waals surface area contributed by atoms with Crippen LogP contribution in [0.3, 0.4) is 0 Å². The zero-order chi connectivity index (χ0) is 21.3. The molecule has 1 aromatic carbocycles. The van der Waals surface area contributed by atoms with E-state index in [4.69, 9.17) is 4.74 Å². The third kappa shape index (κ3) is 4.51. The van der Waals surface area contributed by atoms with Crippen LogP contribution in [-0.4, -0.2) is 58.8 Å². The Kier molecular flexibility index (Phi) is 5.83. The Morgan fingerprint density at radius 1 is 1.13 bits per heavy atom. The highest BCUT2D eigenvalue weighted by Crippen LogP contribution is 2.40. The zero-order valence-electron chi connectivity index (χ0n) is 15.8. The molecule has 1 saturated heterocycles. The molecule has 0 aliphatic carbocycles. The number of carbonyl (C=O) groups is 1. The van der Waals surface area contributed by atoms with Crippen molar-refractivity contribution >= 4 is 27.8 Å². The average molecular weight is 486 g/mol. The maximum atomic E-state index is 13.0. The molecule has 1 unspecified atom stereocenters. The predicted molar refractivity (Wildman–Crippen MR) is 106 cm³/mol. The first-order chi connectivity index (χ1) is 14.3. The number of rotatable bonds is 2. The molecule has 0 radical (unpaired) electrons. The van der Waals surface area contributed by atoms with Crippen LogP contribution in [0.1, 0.15) is 23.6 Å². The van der Waals surface area contributed by atoms with Crippen LogP contribution in [0.2, 0.25) is 0 Å². The van der Waals surface area contributed by atoms with Crippen molar-refractivity contribution in [3.8, 4) is 5.75 Å². The molecule has 0 bridgehead atoms. The monoisotopic (exact) mass is 485 g/mol. The fourth-order valence-corrected chi connectivity index (χ4v) is 3.95. The van der Waals surface area contributed by atoms with Gasteiger partial charge in [0.15, 0.2) is 5.82 Å². The number of aromatic nitrogens is 2. The fourth-order valence-electron chi connectivity index (χ4n) is 3.73. The predicted octanol–water partition coefficient (Wildman–Crippen LogP) is 3.93. The Hall–Kier alpha value is -2.40. The number of nitrogens with zero attached hydrogens (tertiary/aromatic N) is 4. The van der Waals surface area contributed by atoms with E-state index >= 15 is 0 Å². The van der Waals surface area contributed by atoms with Gasteiger partial charge < -0.3 is 9.64 Å². The lowest BCUT2D eigenvalue weighted by atomic mass is 9.96. The van der Waals surface area contributed by atoms with E-state index in [0.29, 0.717) is 49.6 Å². The largest absolute Gasteiger partial charge is 0.493 e. The summed E-state index contributed by atoms with van der Waals surface area (Å²) in [6.45, 7) is 2.60. The molecule has 2 amide bonds. The van der Waals surface area contributed by atoms with Crippen LogP contribution < -0.4 is 10.1 Å². The smallest absolute Gasteiger partial charge is 0.416 e. The van der Waals surface area contributed by atoms with Gasteiger partial charge in [-0.15, -0.1) is 10.2 Å². The summed E-state index contributed by atoms with van der Waals surface area (Å²) in [7, 11) is 0. The Morgan fingerprint density at radius 3 is 2.57 bits per heavy atom. The van der Waals surface area contributed by atoms with Crippen LogP contribution >= 0.6 is 15.9 Å². The second kappa shape index (κ2) is 8.38. The molecule has 0 spiro atoms. The van der Waals surface area contributed by atoms with Crippen LogP contribution in [0.25, 0.3) is 0 Å². The summed E-state index contributed by atoms with van der Waals surface area (Å²) in [5, 5.41) is 10.4. The number of nitrogens with one attached hydrogen (secondary N) is 1. The molecule has 1 aromatic heterocycles. The van der Waals surface area contributed by atoms with Crippen molar-refractivity contribution in [3.05, 3.63) is 46.1 Å². The molecule has 4 rings (SSSR count). The van der Waals surface area contributed by atoms with Gasteiger partial charge in [0.05, 0.1) is 12.2 Å². The molecule has 2 aromatic rings. The molecule has 2 aliphatic rings. The van der Waals surface area contributed by atoms with E-state index in [-0.39, 0.29) is 17.8 Å². The van der Waals surface area contributed by atoms with E-state index in [0.717, 1.165) is 17.7 Å². The Morgan fingerprint density at radius 2 is 1.90 bits per heavy atom. The van der Waals surface area contributed by atoms with Crippen molar-refractivity contribution in [2.45, 2.75) is 18.6 Å². The summed E-state index contributed by atoms with van der Waals surface area (Å²) in [6.07, 6.45) is -3.71. The molecule has 1 atom stereocenters. The lowest BCUT2D eigenvalue weighted by Gasteiger charge is -2.41. The number of anilines is 1. The highest BCUT2D eigenvalue weighted by molar-refractivity contribution is 9.10. The minimum absolute atomic E-state index is 0.0291. The van der Waals surface area contributed by atoms with E-state index < -0.39 is 11.7 Å². The third-order valence-corrected chi connectivity index (χ3v) is 5.68. The van der Waals surface area contributed by atoms with Crippen LogP contribution in [0.15, 0.2) is 34.9 Å². The average Bonchev–Trinajstić information content (AvgIpc) is 2.74. The van der Waals surface area contributed by atoms with E-state index in [1.54, 1.807) is 17.0 Å². The van der Waals surface area contributed by atoms with Crippen LogP contribution in [0.4, 0.5) is 23.8 Å². The van der Waals surface area contributed by atoms with Crippen molar-refractivity contribution in [2.24, 2.45) is 0 Å². The minimum Gasteiger partial charge on any atom is -0.493 e. The summed E-state index contributed by atoms with van der Waals surface area (Å²) < 4.78 is 45.0. The Bertz CT molecular complexity index is 917. The standard InChI is InChI=1S/C19H19BrF3N5O2/c20-16-3-4-17(26-25-16)24-18(29)28-8-6-27(7-9-28)14-5-10-30-15-11-12(19(21,22)23)1-2-13(14)15/h1-4,11,14H,5-10H2,(H,24,26,29). The van der Waals surface area contributed by atoms with Gasteiger partial charge in [-0.2, -0.15) is 13.2 Å². The highest BCUT2D eigenvalue weighted by Gasteiger charge is 2.35. The van der Waals surface area contributed by atoms with Gasteiger partial charge in [0.1, 0.15) is 10.4 Å². The van der Waals surface area contributed by atoms with Gasteiger partial charge in [0.2, 0.25) is 0 Å². The summed E-state index contributed by atoms with van der Waals surface area (Å²) in [6, 6.07) is 6.74. The van der Waals surface area contributed by atoms with Crippen molar-refractivity contribution < 1.29 is 22.7 Å². The highest BCUT2D eigenvalue weighted by atomic mass is 79.9. The van der Waals surface area contributed by atoms with Crippen LogP contribution in [0.5, 0.6) is 5.75 Å². The van der Waals surface area contributed by atoms with Crippen molar-refractivity contribution in [3.63, 3.8) is 0 Å². The first kappa shape index (κ1) is 20.9. The lowest BCUT2D eigenvalue weighted by molar-refractivity contribution is -0.137. The normalized spacial score (nSPS) is 19.7. The first-order valence-corrected chi connectivity index (χ1v) is 10.2. The summed E-state index contributed by atoms with van der Waals surface area (Å²) >= 11 is 3.19. The molecule has 0 saturated carbocycles. The molecule has 3 heterocycles. The van der Waals surface area contributed by atoms with E-state index in [2.05, 4.69) is 36.3 Å². The van der Waals surface area contributed by atoms with E-state index in [1.807, 2.05) is 0 Å². The molecular formula is C19H19BrF3N5O2. The van der Waals surface area contributed by atoms with Crippen molar-refractivity contribution in [1.29, 1.82) is 0 Å². The van der Waals surface area contributed by atoms with Gasteiger partial charge in [0.25, 0.3) is 0 Å². The second-order valence-electron chi connectivity index (χ2n) is 7.10. The molecular weight excluding hydrogens is 467 g/mol. The summed E-state index contributed by atoms with van der Waals surface area (Å²) in [5.74, 6) is 0.652. The Labute approximate surface area is 179 Å². The van der Waals surface area contributed by atoms with Gasteiger partial charge in [-0.3, -0.25) is 10.2 Å². The van der Waals surface area contributed by atoms with Crippen molar-refractivity contribution in [1.82, 2.24) is 20.0 Å². The number of hydrogen-bond donors (Lipinski definition) is 1. The molecule has 30 heavy (non-hydrogen) atoms.